The summed E-state index contributed by atoms with van der Waals surface area (Å²) in [6.07, 6.45) is 1.56. The van der Waals surface area contributed by atoms with E-state index in [-0.39, 0.29) is 12.5 Å². The van der Waals surface area contributed by atoms with Gasteiger partial charge in [-0.05, 0) is 31.0 Å². The number of halogens is 2. The molecular formula is C12H15F2NO. The second kappa shape index (κ2) is 4.89. The largest absolute Gasteiger partial charge is 0.391 e. The summed E-state index contributed by atoms with van der Waals surface area (Å²) in [5.41, 5.74) is 0.364. The molecule has 0 aromatic heterocycles. The number of aliphatic hydroxyl groups is 1. The Morgan fingerprint density at radius 1 is 1.44 bits per heavy atom. The van der Waals surface area contributed by atoms with Crippen molar-refractivity contribution in [3.8, 4) is 0 Å². The van der Waals surface area contributed by atoms with Gasteiger partial charge >= 0.3 is 0 Å². The molecule has 0 amide bonds. The zero-order valence-electron chi connectivity index (χ0n) is 8.92. The molecule has 1 aromatic carbocycles. The van der Waals surface area contributed by atoms with E-state index >= 15 is 0 Å². The van der Waals surface area contributed by atoms with E-state index in [9.17, 15) is 13.9 Å². The van der Waals surface area contributed by atoms with Crippen LogP contribution in [-0.4, -0.2) is 23.8 Å². The molecule has 1 aliphatic rings. The van der Waals surface area contributed by atoms with Crippen LogP contribution >= 0.6 is 0 Å². The third-order valence-electron chi connectivity index (χ3n) is 3.01. The van der Waals surface area contributed by atoms with Crippen molar-refractivity contribution in [3.05, 3.63) is 35.4 Å². The van der Waals surface area contributed by atoms with E-state index in [0.717, 1.165) is 25.5 Å². The Morgan fingerprint density at radius 2 is 2.25 bits per heavy atom. The van der Waals surface area contributed by atoms with Gasteiger partial charge in [-0.25, -0.2) is 8.78 Å². The maximum Gasteiger partial charge on any atom is 0.129 e. The first-order valence-electron chi connectivity index (χ1n) is 5.52. The first-order chi connectivity index (χ1) is 7.66. The lowest BCUT2D eigenvalue weighted by molar-refractivity contribution is 0.135. The van der Waals surface area contributed by atoms with E-state index < -0.39 is 17.7 Å². The molecule has 4 heteroatoms. The monoisotopic (exact) mass is 227 g/mol. The van der Waals surface area contributed by atoms with E-state index in [2.05, 4.69) is 5.32 Å². The number of aliphatic hydroxyl groups excluding tert-OH is 1. The molecule has 0 spiro atoms. The second-order valence-corrected chi connectivity index (χ2v) is 4.21. The highest BCUT2D eigenvalue weighted by atomic mass is 19.1. The van der Waals surface area contributed by atoms with Crippen LogP contribution in [0.15, 0.2) is 18.2 Å². The molecule has 2 atom stereocenters. The molecule has 2 rings (SSSR count). The number of hydrogen-bond acceptors (Lipinski definition) is 2. The number of rotatable bonds is 3. The zero-order valence-corrected chi connectivity index (χ0v) is 8.92. The Kier molecular flexibility index (Phi) is 3.51. The van der Waals surface area contributed by atoms with Gasteiger partial charge in [0.15, 0.2) is 0 Å². The van der Waals surface area contributed by atoms with Crippen LogP contribution in [0.25, 0.3) is 0 Å². The third kappa shape index (κ3) is 2.57. The minimum atomic E-state index is -0.609. The van der Waals surface area contributed by atoms with Crippen LogP contribution in [0.2, 0.25) is 0 Å². The van der Waals surface area contributed by atoms with Crippen LogP contribution in [0.5, 0.6) is 0 Å². The summed E-state index contributed by atoms with van der Waals surface area (Å²) in [4.78, 5) is 0. The van der Waals surface area contributed by atoms with Crippen molar-refractivity contribution in [3.63, 3.8) is 0 Å². The molecule has 1 heterocycles. The zero-order chi connectivity index (χ0) is 11.5. The first kappa shape index (κ1) is 11.5. The summed E-state index contributed by atoms with van der Waals surface area (Å²) in [6.45, 7) is 0.896. The summed E-state index contributed by atoms with van der Waals surface area (Å²) in [5.74, 6) is -1.17. The quantitative estimate of drug-likeness (QED) is 0.822. The molecule has 0 radical (unpaired) electrons. The molecule has 0 aliphatic carbocycles. The van der Waals surface area contributed by atoms with Gasteiger partial charge in [-0.15, -0.1) is 0 Å². The Balaban J connectivity index is 2.02. The molecule has 1 saturated heterocycles. The highest BCUT2D eigenvalue weighted by Gasteiger charge is 2.23. The van der Waals surface area contributed by atoms with Crippen molar-refractivity contribution >= 4 is 0 Å². The molecule has 16 heavy (non-hydrogen) atoms. The fraction of sp³-hybridized carbons (Fsp3) is 0.500. The SMILES string of the molecule is OC(Cc1ccc(F)cc1F)C1CCCN1. The van der Waals surface area contributed by atoms with Crippen LogP contribution in [0.3, 0.4) is 0 Å². The summed E-state index contributed by atoms with van der Waals surface area (Å²) in [7, 11) is 0. The van der Waals surface area contributed by atoms with E-state index in [1.165, 1.54) is 12.1 Å². The van der Waals surface area contributed by atoms with Gasteiger partial charge in [0.2, 0.25) is 0 Å². The van der Waals surface area contributed by atoms with Gasteiger partial charge in [-0.1, -0.05) is 6.07 Å². The maximum absolute atomic E-state index is 13.3. The normalized spacial score (nSPS) is 22.3. The summed E-state index contributed by atoms with van der Waals surface area (Å²) in [6, 6.07) is 3.49. The van der Waals surface area contributed by atoms with Crippen LogP contribution in [-0.2, 0) is 6.42 Å². The van der Waals surface area contributed by atoms with Gasteiger partial charge in [-0.3, -0.25) is 0 Å². The van der Waals surface area contributed by atoms with Crippen LogP contribution in [0.1, 0.15) is 18.4 Å². The molecule has 1 fully saturated rings. The smallest absolute Gasteiger partial charge is 0.129 e. The van der Waals surface area contributed by atoms with E-state index in [4.69, 9.17) is 0 Å². The first-order valence-corrected chi connectivity index (χ1v) is 5.52. The van der Waals surface area contributed by atoms with Crippen LogP contribution in [0, 0.1) is 11.6 Å². The van der Waals surface area contributed by atoms with Crippen molar-refractivity contribution in [2.75, 3.05) is 6.54 Å². The average molecular weight is 227 g/mol. The molecule has 0 saturated carbocycles. The van der Waals surface area contributed by atoms with Crippen LogP contribution in [0.4, 0.5) is 8.78 Å². The molecule has 88 valence electrons. The number of nitrogens with one attached hydrogen (secondary N) is 1. The predicted molar refractivity (Wildman–Crippen MR) is 57.1 cm³/mol. The second-order valence-electron chi connectivity index (χ2n) is 4.21. The van der Waals surface area contributed by atoms with Gasteiger partial charge in [0.05, 0.1) is 6.10 Å². The van der Waals surface area contributed by atoms with Crippen LogP contribution < -0.4 is 5.32 Å². The molecule has 2 unspecified atom stereocenters. The van der Waals surface area contributed by atoms with E-state index in [1.54, 1.807) is 0 Å². The molecule has 2 nitrogen and oxygen atoms in total. The Labute approximate surface area is 93.3 Å². The molecule has 1 aromatic rings. The lowest BCUT2D eigenvalue weighted by Gasteiger charge is -2.18. The summed E-state index contributed by atoms with van der Waals surface area (Å²) in [5, 5.41) is 13.0. The average Bonchev–Trinajstić information content (AvgIpc) is 2.75. The Morgan fingerprint density at radius 3 is 2.88 bits per heavy atom. The van der Waals surface area contributed by atoms with E-state index in [1.807, 2.05) is 0 Å². The standard InChI is InChI=1S/C12H15F2NO/c13-9-4-3-8(10(14)7-9)6-12(16)11-2-1-5-15-11/h3-4,7,11-12,15-16H,1-2,5-6H2. The van der Waals surface area contributed by atoms with Gasteiger partial charge < -0.3 is 10.4 Å². The Bertz CT molecular complexity index is 364. The third-order valence-corrected chi connectivity index (χ3v) is 3.01. The van der Waals surface area contributed by atoms with E-state index in [0.29, 0.717) is 5.56 Å². The summed E-state index contributed by atoms with van der Waals surface area (Å²) >= 11 is 0. The lowest BCUT2D eigenvalue weighted by Crippen LogP contribution is -2.36. The maximum atomic E-state index is 13.3. The van der Waals surface area contributed by atoms with Crippen molar-refractivity contribution in [2.24, 2.45) is 0 Å². The lowest BCUT2D eigenvalue weighted by atomic mass is 10.0. The number of benzene rings is 1. The van der Waals surface area contributed by atoms with Crippen molar-refractivity contribution in [1.29, 1.82) is 0 Å². The number of hydrogen-bond donors (Lipinski definition) is 2. The van der Waals surface area contributed by atoms with Gasteiger partial charge in [0.1, 0.15) is 11.6 Å². The van der Waals surface area contributed by atoms with Gasteiger partial charge in [0, 0.05) is 18.5 Å². The highest BCUT2D eigenvalue weighted by molar-refractivity contribution is 5.19. The predicted octanol–water partition coefficient (Wildman–Crippen LogP) is 1.62. The molecule has 1 aliphatic heterocycles. The molecule has 0 bridgehead atoms. The van der Waals surface area contributed by atoms with Crippen molar-refractivity contribution in [1.82, 2.24) is 5.32 Å². The topological polar surface area (TPSA) is 32.3 Å². The fourth-order valence-corrected chi connectivity index (χ4v) is 2.09. The van der Waals surface area contributed by atoms with Crippen molar-refractivity contribution in [2.45, 2.75) is 31.4 Å². The minimum absolute atomic E-state index is 0.0319. The summed E-state index contributed by atoms with van der Waals surface area (Å²) < 4.78 is 26.0. The highest BCUT2D eigenvalue weighted by Crippen LogP contribution is 2.16. The van der Waals surface area contributed by atoms with Crippen molar-refractivity contribution < 1.29 is 13.9 Å². The Hall–Kier alpha value is -1.00. The minimum Gasteiger partial charge on any atom is -0.391 e. The van der Waals surface area contributed by atoms with Gasteiger partial charge in [0.25, 0.3) is 0 Å². The molecule has 2 N–H and O–H groups in total. The van der Waals surface area contributed by atoms with Gasteiger partial charge in [-0.2, -0.15) is 0 Å². The fourth-order valence-electron chi connectivity index (χ4n) is 2.09. The molecular weight excluding hydrogens is 212 g/mol.